The van der Waals surface area contributed by atoms with Crippen LogP contribution >= 0.6 is 0 Å². The van der Waals surface area contributed by atoms with Gasteiger partial charge in [0.15, 0.2) is 0 Å². The molecule has 0 aliphatic carbocycles. The van der Waals surface area contributed by atoms with Gasteiger partial charge in [-0.25, -0.2) is 0 Å². The average molecular weight is 503 g/mol. The SMILES string of the molecule is COc1cccc(C2/C(=C(/O)c3cccc4ccccc34)C(=O)C(=O)N2c2ccc(C(F)(F)F)cc2)c1. The average Bonchev–Trinajstić information content (AvgIpc) is 3.17. The summed E-state index contributed by atoms with van der Waals surface area (Å²) < 4.78 is 44.8. The van der Waals surface area contributed by atoms with Gasteiger partial charge in [0.25, 0.3) is 11.7 Å². The highest BCUT2D eigenvalue weighted by molar-refractivity contribution is 6.51. The van der Waals surface area contributed by atoms with Crippen molar-refractivity contribution in [2.24, 2.45) is 0 Å². The van der Waals surface area contributed by atoms with Gasteiger partial charge >= 0.3 is 6.18 Å². The van der Waals surface area contributed by atoms with E-state index in [9.17, 15) is 27.9 Å². The molecular formula is C29H20F3NO4. The van der Waals surface area contributed by atoms with E-state index >= 15 is 0 Å². The minimum Gasteiger partial charge on any atom is -0.507 e. The van der Waals surface area contributed by atoms with Gasteiger partial charge in [0.05, 0.1) is 24.3 Å². The summed E-state index contributed by atoms with van der Waals surface area (Å²) in [5.74, 6) is -1.84. The van der Waals surface area contributed by atoms with Gasteiger partial charge in [-0.3, -0.25) is 14.5 Å². The van der Waals surface area contributed by atoms with E-state index < -0.39 is 29.5 Å². The van der Waals surface area contributed by atoms with Crippen LogP contribution in [0.4, 0.5) is 18.9 Å². The summed E-state index contributed by atoms with van der Waals surface area (Å²) in [4.78, 5) is 27.8. The topological polar surface area (TPSA) is 66.8 Å². The van der Waals surface area contributed by atoms with Crippen LogP contribution in [-0.4, -0.2) is 23.9 Å². The van der Waals surface area contributed by atoms with Crippen LogP contribution in [0, 0.1) is 0 Å². The molecule has 1 N–H and O–H groups in total. The quantitative estimate of drug-likeness (QED) is 0.196. The highest BCUT2D eigenvalue weighted by atomic mass is 19.4. The van der Waals surface area contributed by atoms with Gasteiger partial charge in [0, 0.05) is 11.3 Å². The molecule has 1 aliphatic heterocycles. The maximum Gasteiger partial charge on any atom is 0.416 e. The Morgan fingerprint density at radius 3 is 2.27 bits per heavy atom. The van der Waals surface area contributed by atoms with Crippen LogP contribution in [0.5, 0.6) is 5.75 Å². The molecule has 8 heteroatoms. The minimum atomic E-state index is -4.56. The molecule has 1 heterocycles. The van der Waals surface area contributed by atoms with Crippen LogP contribution in [0.15, 0.2) is 96.6 Å². The van der Waals surface area contributed by atoms with Crippen LogP contribution in [0.1, 0.15) is 22.7 Å². The zero-order valence-corrected chi connectivity index (χ0v) is 19.5. The summed E-state index contributed by atoms with van der Waals surface area (Å²) >= 11 is 0. The van der Waals surface area contributed by atoms with Crippen molar-refractivity contribution in [1.29, 1.82) is 0 Å². The number of fused-ring (bicyclic) bond motifs is 1. The monoisotopic (exact) mass is 503 g/mol. The number of benzene rings is 4. The van der Waals surface area contributed by atoms with Crippen LogP contribution in [-0.2, 0) is 15.8 Å². The second-order valence-corrected chi connectivity index (χ2v) is 8.52. The maximum absolute atomic E-state index is 13.4. The Morgan fingerprint density at radius 1 is 0.892 bits per heavy atom. The number of methoxy groups -OCH3 is 1. The van der Waals surface area contributed by atoms with Gasteiger partial charge in [0.2, 0.25) is 0 Å². The third-order valence-corrected chi connectivity index (χ3v) is 6.37. The van der Waals surface area contributed by atoms with Gasteiger partial charge in [-0.1, -0.05) is 54.6 Å². The molecule has 1 atom stereocenters. The summed E-state index contributed by atoms with van der Waals surface area (Å²) in [6, 6.07) is 22.0. The molecule has 1 unspecified atom stereocenters. The van der Waals surface area contributed by atoms with Gasteiger partial charge in [0.1, 0.15) is 11.5 Å². The van der Waals surface area contributed by atoms with E-state index in [0.717, 1.165) is 34.6 Å². The Hall–Kier alpha value is -4.59. The van der Waals surface area contributed by atoms with Crippen LogP contribution in [0.3, 0.4) is 0 Å². The molecular weight excluding hydrogens is 483 g/mol. The molecule has 1 saturated heterocycles. The van der Waals surface area contributed by atoms with Gasteiger partial charge in [-0.15, -0.1) is 0 Å². The zero-order valence-electron chi connectivity index (χ0n) is 19.5. The van der Waals surface area contributed by atoms with Gasteiger partial charge in [-0.05, 0) is 52.7 Å². The number of hydrogen-bond donors (Lipinski definition) is 1. The third kappa shape index (κ3) is 4.20. The number of hydrogen-bond acceptors (Lipinski definition) is 4. The van der Waals surface area contributed by atoms with E-state index in [1.54, 1.807) is 48.5 Å². The molecule has 0 radical (unpaired) electrons. The molecule has 0 saturated carbocycles. The second kappa shape index (κ2) is 9.13. The highest BCUT2D eigenvalue weighted by Gasteiger charge is 2.47. The molecule has 1 fully saturated rings. The van der Waals surface area contributed by atoms with E-state index in [0.29, 0.717) is 22.3 Å². The fourth-order valence-corrected chi connectivity index (χ4v) is 4.61. The predicted octanol–water partition coefficient (Wildman–Crippen LogP) is 6.49. The van der Waals surface area contributed by atoms with Crippen molar-refractivity contribution in [2.45, 2.75) is 12.2 Å². The number of amides is 1. The van der Waals surface area contributed by atoms with Crippen molar-refractivity contribution >= 4 is 33.9 Å². The molecule has 1 amide bonds. The molecule has 1 aliphatic rings. The first-order chi connectivity index (χ1) is 17.7. The molecule has 37 heavy (non-hydrogen) atoms. The largest absolute Gasteiger partial charge is 0.507 e. The standard InChI is InChI=1S/C29H20F3NO4/c1-37-21-9-4-8-18(16-21)25-24(26(34)23-11-5-7-17-6-2-3-10-22(17)23)27(35)28(36)33(25)20-14-12-19(13-15-20)29(30,31)32/h2-16,25,34H,1H3/b26-24-. The van der Waals surface area contributed by atoms with Crippen molar-refractivity contribution in [1.82, 2.24) is 0 Å². The number of ether oxygens (including phenoxy) is 1. The molecule has 0 bridgehead atoms. The molecule has 4 aromatic carbocycles. The summed E-state index contributed by atoms with van der Waals surface area (Å²) in [6.07, 6.45) is -4.56. The number of carbonyl (C=O) groups is 2. The first-order valence-electron chi connectivity index (χ1n) is 11.3. The fraction of sp³-hybridized carbons (Fsp3) is 0.103. The number of alkyl halides is 3. The van der Waals surface area contributed by atoms with E-state index in [4.69, 9.17) is 4.74 Å². The lowest BCUT2D eigenvalue weighted by Gasteiger charge is -2.26. The van der Waals surface area contributed by atoms with Gasteiger partial charge < -0.3 is 9.84 Å². The Labute approximate surface area is 210 Å². The number of nitrogens with zero attached hydrogens (tertiary/aromatic N) is 1. The lowest BCUT2D eigenvalue weighted by Crippen LogP contribution is -2.29. The number of aliphatic hydroxyl groups is 1. The summed E-state index contributed by atoms with van der Waals surface area (Å²) in [7, 11) is 1.46. The lowest BCUT2D eigenvalue weighted by atomic mass is 9.93. The predicted molar refractivity (Wildman–Crippen MR) is 133 cm³/mol. The molecule has 4 aromatic rings. The highest BCUT2D eigenvalue weighted by Crippen LogP contribution is 2.44. The van der Waals surface area contributed by atoms with Crippen molar-refractivity contribution in [3.63, 3.8) is 0 Å². The molecule has 0 spiro atoms. The van der Waals surface area contributed by atoms with Crippen LogP contribution < -0.4 is 9.64 Å². The van der Waals surface area contributed by atoms with Crippen molar-refractivity contribution in [2.75, 3.05) is 12.0 Å². The van der Waals surface area contributed by atoms with E-state index in [-0.39, 0.29) is 17.0 Å². The second-order valence-electron chi connectivity index (χ2n) is 8.52. The van der Waals surface area contributed by atoms with Crippen molar-refractivity contribution in [3.05, 3.63) is 113 Å². The summed E-state index contributed by atoms with van der Waals surface area (Å²) in [6.45, 7) is 0. The summed E-state index contributed by atoms with van der Waals surface area (Å²) in [5, 5.41) is 13.0. The Bertz CT molecular complexity index is 1550. The van der Waals surface area contributed by atoms with Crippen LogP contribution in [0.2, 0.25) is 0 Å². The summed E-state index contributed by atoms with van der Waals surface area (Å²) in [5.41, 5.74) is -0.174. The number of anilines is 1. The van der Waals surface area contributed by atoms with Crippen molar-refractivity contribution < 1.29 is 32.6 Å². The number of aliphatic hydroxyl groups excluding tert-OH is 1. The Morgan fingerprint density at radius 2 is 1.57 bits per heavy atom. The maximum atomic E-state index is 13.4. The number of halogens is 3. The first kappa shape index (κ1) is 24.1. The molecule has 5 nitrogen and oxygen atoms in total. The Kier molecular flexibility index (Phi) is 5.95. The lowest BCUT2D eigenvalue weighted by molar-refractivity contribution is -0.137. The minimum absolute atomic E-state index is 0.0832. The molecule has 0 aromatic heterocycles. The molecule has 5 rings (SSSR count). The first-order valence-corrected chi connectivity index (χ1v) is 11.3. The number of carbonyl (C=O) groups excluding carboxylic acids is 2. The number of ketones is 1. The smallest absolute Gasteiger partial charge is 0.416 e. The van der Waals surface area contributed by atoms with Crippen LogP contribution in [0.25, 0.3) is 16.5 Å². The van der Waals surface area contributed by atoms with Gasteiger partial charge in [-0.2, -0.15) is 13.2 Å². The number of rotatable bonds is 4. The molecule has 186 valence electrons. The fourth-order valence-electron chi connectivity index (χ4n) is 4.61. The van der Waals surface area contributed by atoms with E-state index in [1.165, 1.54) is 7.11 Å². The van der Waals surface area contributed by atoms with Crippen molar-refractivity contribution in [3.8, 4) is 5.75 Å². The number of Topliss-reactive ketones (excluding diaryl/α,β-unsaturated/α-hetero) is 1. The Balaban J connectivity index is 1.74. The van der Waals surface area contributed by atoms with E-state index in [1.807, 2.05) is 18.2 Å². The normalized spacial score (nSPS) is 17.4. The zero-order chi connectivity index (χ0) is 26.3. The third-order valence-electron chi connectivity index (χ3n) is 6.37. The van der Waals surface area contributed by atoms with E-state index in [2.05, 4.69) is 0 Å².